The van der Waals surface area contributed by atoms with Crippen LogP contribution in [-0.4, -0.2) is 28.9 Å². The number of hydrogen-bond acceptors (Lipinski definition) is 4. The summed E-state index contributed by atoms with van der Waals surface area (Å²) in [6.07, 6.45) is 6.60. The number of ether oxygens (including phenoxy) is 2. The summed E-state index contributed by atoms with van der Waals surface area (Å²) >= 11 is 6.23. The van der Waals surface area contributed by atoms with Gasteiger partial charge in [-0.25, -0.2) is 4.68 Å². The molecule has 0 saturated heterocycles. The fraction of sp³-hybridized carbons (Fsp3) is 0.444. The fourth-order valence-corrected chi connectivity index (χ4v) is 3.78. The minimum atomic E-state index is -0.104. The number of nitrogens with one attached hydrogen (secondary N) is 1. The Morgan fingerprint density at radius 2 is 2.08 bits per heavy atom. The third kappa shape index (κ3) is 3.44. The van der Waals surface area contributed by atoms with Crippen molar-refractivity contribution in [2.24, 2.45) is 0 Å². The highest BCUT2D eigenvalue weighted by atomic mass is 35.5. The molecular weight excluding hydrogens is 342 g/mol. The van der Waals surface area contributed by atoms with Gasteiger partial charge in [-0.3, -0.25) is 4.79 Å². The maximum absolute atomic E-state index is 12.5. The number of rotatable bonds is 4. The van der Waals surface area contributed by atoms with Crippen LogP contribution in [0.15, 0.2) is 24.4 Å². The minimum Gasteiger partial charge on any atom is -0.486 e. The molecule has 0 bridgehead atoms. The quantitative estimate of drug-likeness (QED) is 0.903. The zero-order valence-electron chi connectivity index (χ0n) is 13.8. The molecule has 1 N–H and O–H groups in total. The third-order valence-electron chi connectivity index (χ3n) is 4.63. The molecular formula is C18H20ClN3O3. The molecule has 1 aliphatic heterocycles. The largest absolute Gasteiger partial charge is 0.486 e. The summed E-state index contributed by atoms with van der Waals surface area (Å²) < 4.78 is 13.0. The smallest absolute Gasteiger partial charge is 0.229 e. The van der Waals surface area contributed by atoms with Gasteiger partial charge in [0.25, 0.3) is 0 Å². The standard InChI is InChI=1S/C18H20ClN3O3/c19-14-9-12(10-15-18(14)25-8-7-24-15)11-17(23)21-16-5-6-20-22(16)13-3-1-2-4-13/h5-6,9-10,13H,1-4,7-8,11H2,(H,21,23). The second-order valence-electron chi connectivity index (χ2n) is 6.43. The number of hydrogen-bond donors (Lipinski definition) is 1. The second-order valence-corrected chi connectivity index (χ2v) is 6.83. The Bertz CT molecular complexity index is 784. The lowest BCUT2D eigenvalue weighted by molar-refractivity contribution is -0.115. The number of aromatic nitrogens is 2. The van der Waals surface area contributed by atoms with Crippen LogP contribution in [0, 0.1) is 0 Å². The van der Waals surface area contributed by atoms with E-state index >= 15 is 0 Å². The van der Waals surface area contributed by atoms with Gasteiger partial charge in [0.15, 0.2) is 11.5 Å². The molecule has 25 heavy (non-hydrogen) atoms. The highest BCUT2D eigenvalue weighted by molar-refractivity contribution is 6.32. The number of fused-ring (bicyclic) bond motifs is 1. The van der Waals surface area contributed by atoms with E-state index in [0.29, 0.717) is 35.8 Å². The molecule has 1 saturated carbocycles. The Balaban J connectivity index is 1.46. The van der Waals surface area contributed by atoms with Crippen molar-refractivity contribution in [2.75, 3.05) is 18.5 Å². The van der Waals surface area contributed by atoms with Crippen LogP contribution in [0.25, 0.3) is 0 Å². The highest BCUT2D eigenvalue weighted by Crippen LogP contribution is 2.38. The molecule has 7 heteroatoms. The van der Waals surface area contributed by atoms with E-state index < -0.39 is 0 Å². The summed E-state index contributed by atoms with van der Waals surface area (Å²) in [5, 5.41) is 7.80. The van der Waals surface area contributed by atoms with Gasteiger partial charge in [0.2, 0.25) is 5.91 Å². The van der Waals surface area contributed by atoms with Gasteiger partial charge < -0.3 is 14.8 Å². The molecule has 4 rings (SSSR count). The minimum absolute atomic E-state index is 0.104. The Kier molecular flexibility index (Phi) is 4.53. The van der Waals surface area contributed by atoms with Gasteiger partial charge in [-0.2, -0.15) is 5.10 Å². The predicted octanol–water partition coefficient (Wildman–Crippen LogP) is 3.60. The van der Waals surface area contributed by atoms with Crippen LogP contribution in [0.3, 0.4) is 0 Å². The molecule has 0 spiro atoms. The molecule has 1 amide bonds. The van der Waals surface area contributed by atoms with E-state index in [-0.39, 0.29) is 12.3 Å². The summed E-state index contributed by atoms with van der Waals surface area (Å²) in [4.78, 5) is 12.5. The van der Waals surface area contributed by atoms with Crippen molar-refractivity contribution in [1.82, 2.24) is 9.78 Å². The van der Waals surface area contributed by atoms with E-state index in [4.69, 9.17) is 21.1 Å². The number of carbonyl (C=O) groups excluding carboxylic acids is 1. The monoisotopic (exact) mass is 361 g/mol. The average Bonchev–Trinajstić information content (AvgIpc) is 3.26. The van der Waals surface area contributed by atoms with Gasteiger partial charge in [0, 0.05) is 6.07 Å². The lowest BCUT2D eigenvalue weighted by Gasteiger charge is -2.20. The van der Waals surface area contributed by atoms with Crippen molar-refractivity contribution >= 4 is 23.3 Å². The molecule has 1 aromatic heterocycles. The summed E-state index contributed by atoms with van der Waals surface area (Å²) in [7, 11) is 0. The first-order chi connectivity index (χ1) is 12.2. The molecule has 0 unspecified atom stereocenters. The zero-order valence-corrected chi connectivity index (χ0v) is 14.6. The van der Waals surface area contributed by atoms with Crippen molar-refractivity contribution in [3.05, 3.63) is 35.0 Å². The van der Waals surface area contributed by atoms with Crippen molar-refractivity contribution in [2.45, 2.75) is 38.1 Å². The summed E-state index contributed by atoms with van der Waals surface area (Å²) in [6.45, 7) is 0.970. The molecule has 6 nitrogen and oxygen atoms in total. The van der Waals surface area contributed by atoms with Gasteiger partial charge in [-0.15, -0.1) is 0 Å². The average molecular weight is 362 g/mol. The first-order valence-corrected chi connectivity index (χ1v) is 9.00. The summed E-state index contributed by atoms with van der Waals surface area (Å²) in [6, 6.07) is 5.79. The van der Waals surface area contributed by atoms with E-state index in [1.807, 2.05) is 16.8 Å². The Morgan fingerprint density at radius 3 is 2.92 bits per heavy atom. The van der Waals surface area contributed by atoms with Crippen LogP contribution in [0.4, 0.5) is 5.82 Å². The Morgan fingerprint density at radius 1 is 1.28 bits per heavy atom. The Labute approximate surface area is 151 Å². The van der Waals surface area contributed by atoms with Crippen molar-refractivity contribution in [3.8, 4) is 11.5 Å². The molecule has 132 valence electrons. The van der Waals surface area contributed by atoms with Gasteiger partial charge in [-0.05, 0) is 30.5 Å². The number of anilines is 1. The van der Waals surface area contributed by atoms with Crippen LogP contribution in [0.2, 0.25) is 5.02 Å². The topological polar surface area (TPSA) is 65.4 Å². The maximum atomic E-state index is 12.5. The molecule has 2 heterocycles. The van der Waals surface area contributed by atoms with Crippen LogP contribution >= 0.6 is 11.6 Å². The Hall–Kier alpha value is -2.21. The number of amides is 1. The van der Waals surface area contributed by atoms with Crippen molar-refractivity contribution in [3.63, 3.8) is 0 Å². The SMILES string of the molecule is O=C(Cc1cc(Cl)c2c(c1)OCCO2)Nc1ccnn1C1CCCC1. The number of carbonyl (C=O) groups is 1. The van der Waals surface area contributed by atoms with Crippen LogP contribution in [-0.2, 0) is 11.2 Å². The maximum Gasteiger partial charge on any atom is 0.229 e. The first-order valence-electron chi connectivity index (χ1n) is 8.62. The molecule has 1 aromatic carbocycles. The van der Waals surface area contributed by atoms with E-state index in [2.05, 4.69) is 10.4 Å². The zero-order chi connectivity index (χ0) is 17.2. The first kappa shape index (κ1) is 16.3. The lowest BCUT2D eigenvalue weighted by atomic mass is 10.1. The van der Waals surface area contributed by atoms with Gasteiger partial charge >= 0.3 is 0 Å². The highest BCUT2D eigenvalue weighted by Gasteiger charge is 2.21. The second kappa shape index (κ2) is 6.96. The molecule has 2 aromatic rings. The van der Waals surface area contributed by atoms with Crippen LogP contribution < -0.4 is 14.8 Å². The van der Waals surface area contributed by atoms with Crippen LogP contribution in [0.1, 0.15) is 37.3 Å². The van der Waals surface area contributed by atoms with Gasteiger partial charge in [0.1, 0.15) is 19.0 Å². The van der Waals surface area contributed by atoms with E-state index in [1.54, 1.807) is 12.3 Å². The predicted molar refractivity (Wildman–Crippen MR) is 94.5 cm³/mol. The summed E-state index contributed by atoms with van der Waals surface area (Å²) in [5.74, 6) is 1.79. The molecule has 0 atom stereocenters. The van der Waals surface area contributed by atoms with E-state index in [0.717, 1.165) is 24.2 Å². The van der Waals surface area contributed by atoms with E-state index in [9.17, 15) is 4.79 Å². The summed E-state index contributed by atoms with van der Waals surface area (Å²) in [5.41, 5.74) is 0.790. The van der Waals surface area contributed by atoms with Crippen molar-refractivity contribution in [1.29, 1.82) is 0 Å². The van der Waals surface area contributed by atoms with E-state index in [1.165, 1.54) is 12.8 Å². The molecule has 1 fully saturated rings. The lowest BCUT2D eigenvalue weighted by Crippen LogP contribution is -2.20. The molecule has 1 aliphatic carbocycles. The third-order valence-corrected chi connectivity index (χ3v) is 4.91. The normalized spacial score (nSPS) is 16.8. The van der Waals surface area contributed by atoms with Gasteiger partial charge in [0.05, 0.1) is 23.7 Å². The van der Waals surface area contributed by atoms with Crippen molar-refractivity contribution < 1.29 is 14.3 Å². The van der Waals surface area contributed by atoms with Gasteiger partial charge in [-0.1, -0.05) is 24.4 Å². The number of nitrogens with zero attached hydrogens (tertiary/aromatic N) is 2. The number of benzene rings is 1. The number of halogens is 1. The van der Waals surface area contributed by atoms with Crippen LogP contribution in [0.5, 0.6) is 11.5 Å². The fourth-order valence-electron chi connectivity index (χ4n) is 3.49. The molecule has 0 radical (unpaired) electrons. The molecule has 2 aliphatic rings.